The van der Waals surface area contributed by atoms with E-state index in [-0.39, 0.29) is 17.3 Å². The summed E-state index contributed by atoms with van der Waals surface area (Å²) in [6.45, 7) is 0. The number of thioether (sulfide) groups is 1. The SMILES string of the molecule is COC(=O)CSc1nc(=O)ccn1C1CC1. The first-order valence-corrected chi connectivity index (χ1v) is 5.98. The van der Waals surface area contributed by atoms with Crippen molar-refractivity contribution in [1.82, 2.24) is 9.55 Å². The van der Waals surface area contributed by atoms with Crippen LogP contribution in [0.1, 0.15) is 18.9 Å². The van der Waals surface area contributed by atoms with Gasteiger partial charge in [0.25, 0.3) is 5.56 Å². The Morgan fingerprint density at radius 2 is 2.44 bits per heavy atom. The van der Waals surface area contributed by atoms with Crippen molar-refractivity contribution < 1.29 is 9.53 Å². The van der Waals surface area contributed by atoms with Gasteiger partial charge in [0.1, 0.15) is 0 Å². The van der Waals surface area contributed by atoms with Crippen LogP contribution >= 0.6 is 11.8 Å². The lowest BCUT2D eigenvalue weighted by atomic mass is 10.6. The zero-order valence-electron chi connectivity index (χ0n) is 8.88. The lowest BCUT2D eigenvalue weighted by Crippen LogP contribution is -2.14. The Bertz CT molecular complexity index is 454. The highest BCUT2D eigenvalue weighted by molar-refractivity contribution is 7.99. The van der Waals surface area contributed by atoms with Gasteiger partial charge >= 0.3 is 5.97 Å². The van der Waals surface area contributed by atoms with E-state index in [1.165, 1.54) is 24.9 Å². The van der Waals surface area contributed by atoms with E-state index in [0.29, 0.717) is 11.2 Å². The molecule has 0 aromatic carbocycles. The number of hydrogen-bond donors (Lipinski definition) is 0. The molecule has 86 valence electrons. The Morgan fingerprint density at radius 3 is 3.06 bits per heavy atom. The molecule has 1 saturated carbocycles. The van der Waals surface area contributed by atoms with Crippen LogP contribution in [0.4, 0.5) is 0 Å². The van der Waals surface area contributed by atoms with Crippen molar-refractivity contribution in [3.05, 3.63) is 22.6 Å². The Morgan fingerprint density at radius 1 is 1.69 bits per heavy atom. The second-order valence-electron chi connectivity index (χ2n) is 3.55. The van der Waals surface area contributed by atoms with Gasteiger partial charge in [0, 0.05) is 18.3 Å². The number of nitrogens with zero attached hydrogens (tertiary/aromatic N) is 2. The topological polar surface area (TPSA) is 61.2 Å². The average molecular weight is 240 g/mol. The Hall–Kier alpha value is -1.30. The highest BCUT2D eigenvalue weighted by Crippen LogP contribution is 2.36. The molecule has 0 amide bonds. The first-order chi connectivity index (χ1) is 7.70. The van der Waals surface area contributed by atoms with Crippen LogP contribution in [0, 0.1) is 0 Å². The van der Waals surface area contributed by atoms with Crippen molar-refractivity contribution in [2.75, 3.05) is 12.9 Å². The van der Waals surface area contributed by atoms with E-state index in [9.17, 15) is 9.59 Å². The van der Waals surface area contributed by atoms with E-state index < -0.39 is 0 Å². The minimum atomic E-state index is -0.314. The van der Waals surface area contributed by atoms with Crippen molar-refractivity contribution in [3.63, 3.8) is 0 Å². The maximum absolute atomic E-state index is 11.1. The van der Waals surface area contributed by atoms with Crippen molar-refractivity contribution in [1.29, 1.82) is 0 Å². The number of rotatable bonds is 4. The van der Waals surface area contributed by atoms with Gasteiger partial charge in [-0.1, -0.05) is 11.8 Å². The molecule has 6 heteroatoms. The molecule has 0 aliphatic heterocycles. The summed E-state index contributed by atoms with van der Waals surface area (Å²) >= 11 is 1.24. The van der Waals surface area contributed by atoms with Crippen LogP contribution in [-0.4, -0.2) is 28.4 Å². The maximum Gasteiger partial charge on any atom is 0.316 e. The quantitative estimate of drug-likeness (QED) is 0.443. The van der Waals surface area contributed by atoms with E-state index >= 15 is 0 Å². The summed E-state index contributed by atoms with van der Waals surface area (Å²) in [5.41, 5.74) is -0.274. The second kappa shape index (κ2) is 4.69. The molecule has 0 radical (unpaired) electrons. The van der Waals surface area contributed by atoms with Gasteiger partial charge in [-0.2, -0.15) is 4.98 Å². The molecular weight excluding hydrogens is 228 g/mol. The molecule has 1 aliphatic carbocycles. The largest absolute Gasteiger partial charge is 0.468 e. The van der Waals surface area contributed by atoms with Gasteiger partial charge in [-0.15, -0.1) is 0 Å². The standard InChI is InChI=1S/C10H12N2O3S/c1-15-9(14)6-16-10-11-8(13)4-5-12(10)7-2-3-7/h4-5,7H,2-3,6H2,1H3. The number of carbonyl (C=O) groups excluding carboxylic acids is 1. The van der Waals surface area contributed by atoms with E-state index in [1.807, 2.05) is 4.57 Å². The molecule has 1 aromatic rings. The third-order valence-corrected chi connectivity index (χ3v) is 3.23. The Labute approximate surface area is 96.8 Å². The van der Waals surface area contributed by atoms with E-state index in [4.69, 9.17) is 0 Å². The van der Waals surface area contributed by atoms with E-state index in [0.717, 1.165) is 12.8 Å². The third-order valence-electron chi connectivity index (χ3n) is 2.29. The summed E-state index contributed by atoms with van der Waals surface area (Å²) in [5.74, 6) is -0.134. The molecule has 5 nitrogen and oxygen atoms in total. The van der Waals surface area contributed by atoms with E-state index in [1.54, 1.807) is 6.20 Å². The van der Waals surface area contributed by atoms with Gasteiger partial charge in [0.2, 0.25) is 0 Å². The third kappa shape index (κ3) is 2.63. The minimum Gasteiger partial charge on any atom is -0.468 e. The molecule has 0 atom stereocenters. The number of methoxy groups -OCH3 is 1. The van der Waals surface area contributed by atoms with Crippen LogP contribution in [0.3, 0.4) is 0 Å². The normalized spacial score (nSPS) is 14.8. The highest BCUT2D eigenvalue weighted by Gasteiger charge is 2.25. The summed E-state index contributed by atoms with van der Waals surface area (Å²) in [5, 5.41) is 0.598. The summed E-state index contributed by atoms with van der Waals surface area (Å²) in [4.78, 5) is 26.1. The van der Waals surface area contributed by atoms with Gasteiger partial charge in [-0.3, -0.25) is 9.59 Å². The van der Waals surface area contributed by atoms with Gasteiger partial charge in [-0.05, 0) is 12.8 Å². The van der Waals surface area contributed by atoms with Gasteiger partial charge < -0.3 is 9.30 Å². The smallest absolute Gasteiger partial charge is 0.316 e. The average Bonchev–Trinajstić information content (AvgIpc) is 3.10. The van der Waals surface area contributed by atoms with Crippen molar-refractivity contribution in [2.24, 2.45) is 0 Å². The molecule has 16 heavy (non-hydrogen) atoms. The molecule has 1 fully saturated rings. The van der Waals surface area contributed by atoms with Crippen molar-refractivity contribution >= 4 is 17.7 Å². The second-order valence-corrected chi connectivity index (χ2v) is 4.49. The van der Waals surface area contributed by atoms with Crippen molar-refractivity contribution in [2.45, 2.75) is 24.0 Å². The molecule has 1 heterocycles. The molecule has 1 aromatic heterocycles. The van der Waals surface area contributed by atoms with Crippen LogP contribution in [0.5, 0.6) is 0 Å². The molecule has 1 aliphatic rings. The number of esters is 1. The monoisotopic (exact) mass is 240 g/mol. The minimum absolute atomic E-state index is 0.180. The summed E-state index contributed by atoms with van der Waals surface area (Å²) in [6, 6.07) is 1.88. The van der Waals surface area contributed by atoms with Crippen LogP contribution in [0.2, 0.25) is 0 Å². The maximum atomic E-state index is 11.1. The summed E-state index contributed by atoms with van der Waals surface area (Å²) < 4.78 is 6.50. The number of aromatic nitrogens is 2. The van der Waals surface area contributed by atoms with Crippen LogP contribution < -0.4 is 5.56 Å². The first-order valence-electron chi connectivity index (χ1n) is 4.99. The van der Waals surface area contributed by atoms with Crippen LogP contribution in [0.25, 0.3) is 0 Å². The molecular formula is C10H12N2O3S. The van der Waals surface area contributed by atoms with Gasteiger partial charge in [0.15, 0.2) is 5.16 Å². The molecule has 2 rings (SSSR count). The summed E-state index contributed by atoms with van der Waals surface area (Å²) in [7, 11) is 1.34. The molecule has 0 N–H and O–H groups in total. The fraction of sp³-hybridized carbons (Fsp3) is 0.500. The summed E-state index contributed by atoms with van der Waals surface area (Å²) in [6.07, 6.45) is 3.96. The lowest BCUT2D eigenvalue weighted by molar-refractivity contribution is -0.137. The zero-order chi connectivity index (χ0) is 11.5. The fourth-order valence-corrected chi connectivity index (χ4v) is 2.20. The lowest BCUT2D eigenvalue weighted by Gasteiger charge is -2.09. The highest BCUT2D eigenvalue weighted by atomic mass is 32.2. The predicted octanol–water partition coefficient (Wildman–Crippen LogP) is 0.843. The van der Waals surface area contributed by atoms with Gasteiger partial charge in [0.05, 0.1) is 12.9 Å². The fourth-order valence-electron chi connectivity index (χ4n) is 1.32. The molecule has 0 bridgehead atoms. The molecule has 0 saturated heterocycles. The zero-order valence-corrected chi connectivity index (χ0v) is 9.70. The number of carbonyl (C=O) groups is 1. The molecule has 0 spiro atoms. The number of ether oxygens (including phenoxy) is 1. The molecule has 0 unspecified atom stereocenters. The Balaban J connectivity index is 2.14. The van der Waals surface area contributed by atoms with Gasteiger partial charge in [-0.25, -0.2) is 0 Å². The first kappa shape index (κ1) is 11.2. The van der Waals surface area contributed by atoms with Crippen molar-refractivity contribution in [3.8, 4) is 0 Å². The predicted molar refractivity (Wildman–Crippen MR) is 59.5 cm³/mol. The number of hydrogen-bond acceptors (Lipinski definition) is 5. The van der Waals surface area contributed by atoms with Crippen LogP contribution in [0.15, 0.2) is 22.2 Å². The Kier molecular flexibility index (Phi) is 3.28. The van der Waals surface area contributed by atoms with E-state index in [2.05, 4.69) is 9.72 Å². The van der Waals surface area contributed by atoms with Crippen LogP contribution in [-0.2, 0) is 9.53 Å².